The second-order valence-corrected chi connectivity index (χ2v) is 6.09. The van der Waals surface area contributed by atoms with Crippen LogP contribution in [0.2, 0.25) is 0 Å². The molecule has 0 spiro atoms. The Hall–Kier alpha value is -2.06. The van der Waals surface area contributed by atoms with E-state index in [2.05, 4.69) is 15.1 Å². The van der Waals surface area contributed by atoms with Crippen molar-refractivity contribution in [1.82, 2.24) is 19.6 Å². The van der Waals surface area contributed by atoms with Crippen molar-refractivity contribution in [3.05, 3.63) is 52.9 Å². The molecule has 5 nitrogen and oxygen atoms in total. The summed E-state index contributed by atoms with van der Waals surface area (Å²) in [5.74, 6) is -1.05. The number of hydrogen-bond donors (Lipinski definition) is 1. The van der Waals surface area contributed by atoms with Gasteiger partial charge in [0.1, 0.15) is 11.6 Å². The van der Waals surface area contributed by atoms with E-state index in [0.29, 0.717) is 10.9 Å². The molecule has 0 bridgehead atoms. The molecule has 0 aliphatic heterocycles. The highest BCUT2D eigenvalue weighted by Crippen LogP contribution is 2.26. The normalized spacial score (nSPS) is 12.7. The molecule has 23 heavy (non-hydrogen) atoms. The van der Waals surface area contributed by atoms with Crippen molar-refractivity contribution in [2.45, 2.75) is 25.1 Å². The minimum absolute atomic E-state index is 0.0345. The van der Waals surface area contributed by atoms with Crippen molar-refractivity contribution in [3.8, 4) is 0 Å². The molecule has 1 atom stereocenters. The standard InChI is InChI=1S/C15H14F2N4OS/c1-8-6-9(2)21-14(18-8)19-15(20-21)23-7-12(22)13-10(16)4-3-5-11(13)17/h3-6,12,22H,7H2,1-2H3. The predicted molar refractivity (Wildman–Crippen MR) is 82.3 cm³/mol. The first-order valence-electron chi connectivity index (χ1n) is 6.91. The average Bonchev–Trinajstić information content (AvgIpc) is 2.88. The predicted octanol–water partition coefficient (Wildman–Crippen LogP) is 2.85. The van der Waals surface area contributed by atoms with Gasteiger partial charge in [-0.1, -0.05) is 17.8 Å². The van der Waals surface area contributed by atoms with E-state index in [1.807, 2.05) is 19.9 Å². The lowest BCUT2D eigenvalue weighted by atomic mass is 10.1. The van der Waals surface area contributed by atoms with Crippen LogP contribution < -0.4 is 0 Å². The average molecular weight is 336 g/mol. The van der Waals surface area contributed by atoms with Crippen LogP contribution >= 0.6 is 11.8 Å². The van der Waals surface area contributed by atoms with Gasteiger partial charge in [-0.25, -0.2) is 18.3 Å². The van der Waals surface area contributed by atoms with Gasteiger partial charge in [-0.2, -0.15) is 4.98 Å². The number of rotatable bonds is 4. The van der Waals surface area contributed by atoms with Gasteiger partial charge in [-0.15, -0.1) is 5.10 Å². The molecule has 1 unspecified atom stereocenters. The third kappa shape index (κ3) is 3.18. The molecule has 1 aromatic carbocycles. The Morgan fingerprint density at radius 3 is 2.61 bits per heavy atom. The van der Waals surface area contributed by atoms with Crippen LogP contribution in [0.25, 0.3) is 5.78 Å². The van der Waals surface area contributed by atoms with Crippen molar-refractivity contribution in [2.75, 3.05) is 5.75 Å². The largest absolute Gasteiger partial charge is 0.387 e. The maximum Gasteiger partial charge on any atom is 0.253 e. The van der Waals surface area contributed by atoms with Crippen molar-refractivity contribution in [3.63, 3.8) is 0 Å². The van der Waals surface area contributed by atoms with Crippen molar-refractivity contribution >= 4 is 17.5 Å². The zero-order valence-corrected chi connectivity index (χ0v) is 13.3. The minimum atomic E-state index is -1.29. The summed E-state index contributed by atoms with van der Waals surface area (Å²) in [6.07, 6.45) is -1.29. The maximum absolute atomic E-state index is 13.6. The molecule has 2 aromatic heterocycles. The first-order valence-corrected chi connectivity index (χ1v) is 7.90. The van der Waals surface area contributed by atoms with E-state index in [-0.39, 0.29) is 11.3 Å². The van der Waals surface area contributed by atoms with Crippen LogP contribution in [0, 0.1) is 25.5 Å². The van der Waals surface area contributed by atoms with E-state index < -0.39 is 17.7 Å². The fourth-order valence-corrected chi connectivity index (χ4v) is 3.03. The molecule has 3 rings (SSSR count). The lowest BCUT2D eigenvalue weighted by Crippen LogP contribution is -2.06. The highest BCUT2D eigenvalue weighted by atomic mass is 32.2. The van der Waals surface area contributed by atoms with Crippen LogP contribution in [0.1, 0.15) is 23.1 Å². The molecule has 0 fully saturated rings. The van der Waals surface area contributed by atoms with Gasteiger partial charge in [-0.3, -0.25) is 0 Å². The van der Waals surface area contributed by atoms with Crippen molar-refractivity contribution < 1.29 is 13.9 Å². The first kappa shape index (κ1) is 15.8. The Morgan fingerprint density at radius 1 is 1.22 bits per heavy atom. The Bertz CT molecular complexity index is 848. The van der Waals surface area contributed by atoms with Crippen molar-refractivity contribution in [2.24, 2.45) is 0 Å². The van der Waals surface area contributed by atoms with Gasteiger partial charge >= 0.3 is 0 Å². The van der Waals surface area contributed by atoms with Crippen LogP contribution in [0.4, 0.5) is 8.78 Å². The Balaban J connectivity index is 1.79. The molecule has 0 amide bonds. The molecule has 0 aliphatic carbocycles. The number of aliphatic hydroxyl groups excluding tert-OH is 1. The number of thioether (sulfide) groups is 1. The SMILES string of the molecule is Cc1cc(C)n2nc(SCC(O)c3c(F)cccc3F)nc2n1. The molecule has 0 radical (unpaired) electrons. The fraction of sp³-hybridized carbons (Fsp3) is 0.267. The molecule has 2 heterocycles. The molecular weight excluding hydrogens is 322 g/mol. The van der Waals surface area contributed by atoms with Gasteiger partial charge in [-0.05, 0) is 32.0 Å². The van der Waals surface area contributed by atoms with E-state index in [4.69, 9.17) is 0 Å². The van der Waals surface area contributed by atoms with E-state index in [1.165, 1.54) is 6.07 Å². The molecule has 8 heteroatoms. The molecule has 3 aromatic rings. The Labute approximate surface area is 135 Å². The van der Waals surface area contributed by atoms with Gasteiger partial charge < -0.3 is 5.11 Å². The summed E-state index contributed by atoms with van der Waals surface area (Å²) in [6.45, 7) is 3.74. The van der Waals surface area contributed by atoms with Gasteiger partial charge in [0.25, 0.3) is 5.78 Å². The lowest BCUT2D eigenvalue weighted by molar-refractivity contribution is 0.193. The van der Waals surface area contributed by atoms with Crippen LogP contribution in [-0.4, -0.2) is 30.4 Å². The summed E-state index contributed by atoms with van der Waals surface area (Å²) in [4.78, 5) is 8.51. The fourth-order valence-electron chi connectivity index (χ4n) is 2.27. The Morgan fingerprint density at radius 2 is 1.91 bits per heavy atom. The summed E-state index contributed by atoms with van der Waals surface area (Å²) < 4.78 is 28.9. The van der Waals surface area contributed by atoms with Gasteiger partial charge in [0, 0.05) is 17.1 Å². The highest BCUT2D eigenvalue weighted by molar-refractivity contribution is 7.99. The van der Waals surface area contributed by atoms with Gasteiger partial charge in [0.15, 0.2) is 0 Å². The number of aliphatic hydroxyl groups is 1. The highest BCUT2D eigenvalue weighted by Gasteiger charge is 2.19. The molecular formula is C15H14F2N4OS. The first-order chi connectivity index (χ1) is 11.0. The van der Waals surface area contributed by atoms with Crippen molar-refractivity contribution in [1.29, 1.82) is 0 Å². The third-order valence-electron chi connectivity index (χ3n) is 3.30. The number of benzene rings is 1. The van der Waals surface area contributed by atoms with Gasteiger partial charge in [0.05, 0.1) is 11.7 Å². The van der Waals surface area contributed by atoms with E-state index in [1.54, 1.807) is 4.52 Å². The number of hydrogen-bond acceptors (Lipinski definition) is 5. The summed E-state index contributed by atoms with van der Waals surface area (Å²) >= 11 is 1.11. The zero-order chi connectivity index (χ0) is 16.6. The number of fused-ring (bicyclic) bond motifs is 1. The third-order valence-corrected chi connectivity index (χ3v) is 4.22. The summed E-state index contributed by atoms with van der Waals surface area (Å²) in [6, 6.07) is 5.37. The van der Waals surface area contributed by atoms with E-state index >= 15 is 0 Å². The van der Waals surface area contributed by atoms with Crippen LogP contribution in [0.15, 0.2) is 29.4 Å². The summed E-state index contributed by atoms with van der Waals surface area (Å²) in [7, 11) is 0. The molecule has 0 saturated heterocycles. The smallest absolute Gasteiger partial charge is 0.253 e. The maximum atomic E-state index is 13.6. The molecule has 1 N–H and O–H groups in total. The Kier molecular flexibility index (Phi) is 4.27. The second-order valence-electron chi connectivity index (χ2n) is 5.11. The van der Waals surface area contributed by atoms with Crippen LogP contribution in [0.3, 0.4) is 0 Å². The van der Waals surface area contributed by atoms with Crippen LogP contribution in [-0.2, 0) is 0 Å². The van der Waals surface area contributed by atoms with E-state index in [0.717, 1.165) is 35.3 Å². The molecule has 0 aliphatic rings. The second kappa shape index (κ2) is 6.21. The van der Waals surface area contributed by atoms with Crippen LogP contribution in [0.5, 0.6) is 0 Å². The molecule has 0 saturated carbocycles. The number of aromatic nitrogens is 4. The zero-order valence-electron chi connectivity index (χ0n) is 12.5. The minimum Gasteiger partial charge on any atom is -0.387 e. The van der Waals surface area contributed by atoms with Gasteiger partial charge in [0.2, 0.25) is 5.16 Å². The molecule has 120 valence electrons. The number of halogens is 2. The lowest BCUT2D eigenvalue weighted by Gasteiger charge is -2.11. The quantitative estimate of drug-likeness (QED) is 0.742. The monoisotopic (exact) mass is 336 g/mol. The summed E-state index contributed by atoms with van der Waals surface area (Å²) in [5, 5.41) is 14.7. The topological polar surface area (TPSA) is 63.3 Å². The van der Waals surface area contributed by atoms with E-state index in [9.17, 15) is 13.9 Å². The number of aryl methyl sites for hydroxylation is 2. The summed E-state index contributed by atoms with van der Waals surface area (Å²) in [5.41, 5.74) is 1.37. The number of nitrogens with zero attached hydrogens (tertiary/aromatic N) is 4.